The molecule has 0 radical (unpaired) electrons. The fourth-order valence-corrected chi connectivity index (χ4v) is 2.96. The molecule has 2 unspecified atom stereocenters. The summed E-state index contributed by atoms with van der Waals surface area (Å²) in [5.74, 6) is 0.674. The number of rotatable bonds is 4. The molecule has 100 valence electrons. The van der Waals surface area contributed by atoms with Crippen molar-refractivity contribution in [3.05, 3.63) is 35.4 Å². The van der Waals surface area contributed by atoms with Crippen molar-refractivity contribution in [1.29, 1.82) is 0 Å². The van der Waals surface area contributed by atoms with Crippen LogP contribution in [0.4, 0.5) is 0 Å². The van der Waals surface area contributed by atoms with Crippen molar-refractivity contribution in [3.8, 4) is 0 Å². The third-order valence-corrected chi connectivity index (χ3v) is 4.18. The monoisotopic (exact) mass is 246 g/mol. The van der Waals surface area contributed by atoms with E-state index >= 15 is 0 Å². The molecule has 0 amide bonds. The number of likely N-dealkylation sites (tertiary alicyclic amines) is 1. The maximum Gasteiger partial charge on any atom is 0.0236 e. The van der Waals surface area contributed by atoms with Crippen LogP contribution in [0.2, 0.25) is 0 Å². The van der Waals surface area contributed by atoms with Crippen LogP contribution < -0.4 is 5.73 Å². The molecule has 2 N–H and O–H groups in total. The van der Waals surface area contributed by atoms with Gasteiger partial charge in [0.15, 0.2) is 0 Å². The zero-order valence-electron chi connectivity index (χ0n) is 11.7. The predicted molar refractivity (Wildman–Crippen MR) is 77.5 cm³/mol. The molecule has 1 heterocycles. The number of hydrogen-bond acceptors (Lipinski definition) is 2. The Hall–Kier alpha value is -0.860. The van der Waals surface area contributed by atoms with Crippen molar-refractivity contribution in [2.24, 2.45) is 11.7 Å². The summed E-state index contributed by atoms with van der Waals surface area (Å²) in [6.07, 6.45) is 3.71. The third-order valence-electron chi connectivity index (χ3n) is 4.18. The van der Waals surface area contributed by atoms with E-state index < -0.39 is 0 Å². The lowest BCUT2D eigenvalue weighted by molar-refractivity contribution is 0.154. The van der Waals surface area contributed by atoms with Crippen molar-refractivity contribution in [1.82, 2.24) is 4.90 Å². The maximum absolute atomic E-state index is 6.05. The molecule has 0 aromatic heterocycles. The van der Waals surface area contributed by atoms with E-state index in [0.29, 0.717) is 12.0 Å². The largest absolute Gasteiger partial charge is 0.328 e. The molecule has 1 fully saturated rings. The first-order valence-electron chi connectivity index (χ1n) is 7.25. The van der Waals surface area contributed by atoms with Crippen LogP contribution in [0.5, 0.6) is 0 Å². The molecule has 1 saturated heterocycles. The molecule has 1 aliphatic rings. The van der Waals surface area contributed by atoms with Crippen LogP contribution in [0.15, 0.2) is 24.3 Å². The highest BCUT2D eigenvalue weighted by molar-refractivity contribution is 5.26. The molecule has 1 aromatic rings. The van der Waals surface area contributed by atoms with Gasteiger partial charge in [-0.25, -0.2) is 0 Å². The van der Waals surface area contributed by atoms with Gasteiger partial charge >= 0.3 is 0 Å². The van der Waals surface area contributed by atoms with E-state index in [-0.39, 0.29) is 0 Å². The molecule has 2 atom stereocenters. The fraction of sp³-hybridized carbons (Fsp3) is 0.625. The van der Waals surface area contributed by atoms with Gasteiger partial charge in [-0.2, -0.15) is 0 Å². The van der Waals surface area contributed by atoms with Gasteiger partial charge in [0.05, 0.1) is 0 Å². The van der Waals surface area contributed by atoms with Crippen molar-refractivity contribution in [3.63, 3.8) is 0 Å². The lowest BCUT2D eigenvalue weighted by Gasteiger charge is -2.35. The van der Waals surface area contributed by atoms with Gasteiger partial charge in [-0.05, 0) is 49.8 Å². The molecule has 0 saturated carbocycles. The first-order chi connectivity index (χ1) is 8.70. The van der Waals surface area contributed by atoms with Crippen LogP contribution in [0.3, 0.4) is 0 Å². The zero-order chi connectivity index (χ0) is 13.0. The summed E-state index contributed by atoms with van der Waals surface area (Å²) >= 11 is 0. The molecule has 0 aliphatic carbocycles. The molecule has 0 bridgehead atoms. The fourth-order valence-electron chi connectivity index (χ4n) is 2.96. The molecular formula is C16H26N2. The molecule has 0 spiro atoms. The van der Waals surface area contributed by atoms with Gasteiger partial charge in [0, 0.05) is 19.1 Å². The van der Waals surface area contributed by atoms with Crippen LogP contribution in [0.1, 0.15) is 37.8 Å². The Balaban J connectivity index is 2.00. The SMILES string of the molecule is CCc1ccccc1CN1CCCC(C(C)N)C1. The first-order valence-corrected chi connectivity index (χ1v) is 7.25. The molecular weight excluding hydrogens is 220 g/mol. The second kappa shape index (κ2) is 6.35. The van der Waals surface area contributed by atoms with Crippen molar-refractivity contribution in [2.75, 3.05) is 13.1 Å². The normalized spacial score (nSPS) is 22.9. The van der Waals surface area contributed by atoms with Crippen LogP contribution in [-0.2, 0) is 13.0 Å². The van der Waals surface area contributed by atoms with E-state index in [1.165, 1.54) is 30.5 Å². The summed E-state index contributed by atoms with van der Waals surface area (Å²) < 4.78 is 0. The van der Waals surface area contributed by atoms with E-state index in [1.54, 1.807) is 0 Å². The number of benzene rings is 1. The predicted octanol–water partition coefficient (Wildman–Crippen LogP) is 2.81. The van der Waals surface area contributed by atoms with Crippen molar-refractivity contribution in [2.45, 2.75) is 45.7 Å². The number of nitrogens with two attached hydrogens (primary N) is 1. The van der Waals surface area contributed by atoms with E-state index in [1.807, 2.05) is 0 Å². The van der Waals surface area contributed by atoms with Gasteiger partial charge in [0.1, 0.15) is 0 Å². The molecule has 2 heteroatoms. The van der Waals surface area contributed by atoms with Crippen molar-refractivity contribution < 1.29 is 0 Å². The summed E-state index contributed by atoms with van der Waals surface area (Å²) in [7, 11) is 0. The molecule has 1 aliphatic heterocycles. The smallest absolute Gasteiger partial charge is 0.0236 e. The summed E-state index contributed by atoms with van der Waals surface area (Å²) in [5.41, 5.74) is 9.03. The van der Waals surface area contributed by atoms with Gasteiger partial charge in [0.25, 0.3) is 0 Å². The number of piperidine rings is 1. The quantitative estimate of drug-likeness (QED) is 0.885. The highest BCUT2D eigenvalue weighted by atomic mass is 15.1. The van der Waals surface area contributed by atoms with Crippen molar-refractivity contribution >= 4 is 0 Å². The average Bonchev–Trinajstić information content (AvgIpc) is 2.39. The standard InChI is InChI=1S/C16H26N2/c1-3-14-7-4-5-8-16(14)12-18-10-6-9-15(11-18)13(2)17/h4-5,7-8,13,15H,3,6,9-12,17H2,1-2H3. The van der Waals surface area contributed by atoms with Gasteiger partial charge in [0.2, 0.25) is 0 Å². The Labute approximate surface area is 111 Å². The third kappa shape index (κ3) is 3.33. The molecule has 2 rings (SSSR count). The van der Waals surface area contributed by atoms with E-state index in [0.717, 1.165) is 19.5 Å². The summed E-state index contributed by atoms with van der Waals surface area (Å²) in [6.45, 7) is 7.86. The summed E-state index contributed by atoms with van der Waals surface area (Å²) in [6, 6.07) is 9.15. The van der Waals surface area contributed by atoms with Gasteiger partial charge in [-0.3, -0.25) is 4.90 Å². The summed E-state index contributed by atoms with van der Waals surface area (Å²) in [4.78, 5) is 2.58. The minimum Gasteiger partial charge on any atom is -0.328 e. The van der Waals surface area contributed by atoms with Gasteiger partial charge in [-0.1, -0.05) is 31.2 Å². The number of aryl methyl sites for hydroxylation is 1. The Bertz CT molecular complexity index is 373. The first kappa shape index (κ1) is 13.6. The number of nitrogens with zero attached hydrogens (tertiary/aromatic N) is 1. The van der Waals surface area contributed by atoms with E-state index in [9.17, 15) is 0 Å². The van der Waals surface area contributed by atoms with E-state index in [2.05, 4.69) is 43.0 Å². The summed E-state index contributed by atoms with van der Waals surface area (Å²) in [5, 5.41) is 0. The number of hydrogen-bond donors (Lipinski definition) is 1. The highest BCUT2D eigenvalue weighted by Gasteiger charge is 2.22. The molecule has 1 aromatic carbocycles. The minimum absolute atomic E-state index is 0.328. The Morgan fingerprint density at radius 2 is 2.06 bits per heavy atom. The minimum atomic E-state index is 0.328. The van der Waals surface area contributed by atoms with Crippen LogP contribution in [0.25, 0.3) is 0 Å². The Morgan fingerprint density at radius 1 is 1.33 bits per heavy atom. The highest BCUT2D eigenvalue weighted by Crippen LogP contribution is 2.21. The zero-order valence-corrected chi connectivity index (χ0v) is 11.7. The van der Waals surface area contributed by atoms with Gasteiger partial charge in [-0.15, -0.1) is 0 Å². The topological polar surface area (TPSA) is 29.3 Å². The average molecular weight is 246 g/mol. The molecule has 18 heavy (non-hydrogen) atoms. The maximum atomic E-state index is 6.05. The molecule has 2 nitrogen and oxygen atoms in total. The second-order valence-electron chi connectivity index (χ2n) is 5.62. The van der Waals surface area contributed by atoms with Gasteiger partial charge < -0.3 is 5.73 Å². The van der Waals surface area contributed by atoms with E-state index in [4.69, 9.17) is 5.73 Å². The Morgan fingerprint density at radius 3 is 2.72 bits per heavy atom. The van der Waals surface area contributed by atoms with Crippen LogP contribution >= 0.6 is 0 Å². The van der Waals surface area contributed by atoms with Crippen LogP contribution in [0, 0.1) is 5.92 Å². The second-order valence-corrected chi connectivity index (χ2v) is 5.62. The lowest BCUT2D eigenvalue weighted by atomic mass is 9.91. The Kier molecular flexibility index (Phi) is 4.79. The van der Waals surface area contributed by atoms with Crippen LogP contribution in [-0.4, -0.2) is 24.0 Å². The lowest BCUT2D eigenvalue weighted by Crippen LogP contribution is -2.42.